The monoisotopic (exact) mass is 312 g/mol. The van der Waals surface area contributed by atoms with Crippen molar-refractivity contribution >= 4 is 21.6 Å². The fourth-order valence-electron chi connectivity index (χ4n) is 2.47. The number of nitrogens with zero attached hydrogens (tertiary/aromatic N) is 1. The van der Waals surface area contributed by atoms with Crippen LogP contribution in [0.2, 0.25) is 0 Å². The van der Waals surface area contributed by atoms with Crippen LogP contribution in [0, 0.1) is 0 Å². The molecule has 1 aromatic carbocycles. The van der Waals surface area contributed by atoms with E-state index in [1.165, 1.54) is 5.69 Å². The van der Waals surface area contributed by atoms with Crippen molar-refractivity contribution in [1.29, 1.82) is 0 Å². The van der Waals surface area contributed by atoms with Crippen LogP contribution >= 0.6 is 15.9 Å². The van der Waals surface area contributed by atoms with Crippen molar-refractivity contribution in [2.45, 2.75) is 39.0 Å². The number of hydrogen-bond donors (Lipinski definition) is 1. The van der Waals surface area contributed by atoms with Crippen molar-refractivity contribution < 1.29 is 4.74 Å². The lowest BCUT2D eigenvalue weighted by Gasteiger charge is -2.37. The molecule has 1 aliphatic rings. The van der Waals surface area contributed by atoms with Crippen LogP contribution in [0.1, 0.15) is 32.4 Å². The molecule has 0 radical (unpaired) electrons. The standard InChI is InChI=1S/C14H21BrN2O/c1-9-7-17(8-10(2)18-9)12-4-5-13(11(3)16)14(15)6-12/h4-6,9-11H,7-8,16H2,1-3H3/t9-,10+,11?. The molecular weight excluding hydrogens is 292 g/mol. The van der Waals surface area contributed by atoms with E-state index in [9.17, 15) is 0 Å². The van der Waals surface area contributed by atoms with Gasteiger partial charge in [-0.1, -0.05) is 22.0 Å². The van der Waals surface area contributed by atoms with Crippen LogP contribution in [0.3, 0.4) is 0 Å². The molecule has 3 nitrogen and oxygen atoms in total. The molecule has 1 heterocycles. The minimum atomic E-state index is 0.0518. The smallest absolute Gasteiger partial charge is 0.0726 e. The summed E-state index contributed by atoms with van der Waals surface area (Å²) in [7, 11) is 0. The highest BCUT2D eigenvalue weighted by molar-refractivity contribution is 9.10. The van der Waals surface area contributed by atoms with Gasteiger partial charge in [0, 0.05) is 29.3 Å². The lowest BCUT2D eigenvalue weighted by Crippen LogP contribution is -2.45. The van der Waals surface area contributed by atoms with Crippen LogP contribution in [0.25, 0.3) is 0 Å². The quantitative estimate of drug-likeness (QED) is 0.912. The first kappa shape index (κ1) is 13.8. The minimum Gasteiger partial charge on any atom is -0.372 e. The maximum absolute atomic E-state index is 5.92. The molecule has 1 fully saturated rings. The summed E-state index contributed by atoms with van der Waals surface area (Å²) < 4.78 is 6.84. The summed E-state index contributed by atoms with van der Waals surface area (Å²) in [5.41, 5.74) is 8.30. The van der Waals surface area contributed by atoms with E-state index in [1.807, 2.05) is 6.92 Å². The Kier molecular flexibility index (Phi) is 4.30. The zero-order chi connectivity index (χ0) is 13.3. The van der Waals surface area contributed by atoms with Crippen LogP contribution in [-0.4, -0.2) is 25.3 Å². The lowest BCUT2D eigenvalue weighted by atomic mass is 10.1. The zero-order valence-corrected chi connectivity index (χ0v) is 12.8. The van der Waals surface area contributed by atoms with Crippen LogP contribution in [-0.2, 0) is 4.74 Å². The second-order valence-corrected chi connectivity index (χ2v) is 6.01. The average molecular weight is 313 g/mol. The van der Waals surface area contributed by atoms with E-state index in [4.69, 9.17) is 10.5 Å². The molecule has 1 saturated heterocycles. The highest BCUT2D eigenvalue weighted by atomic mass is 79.9. The maximum atomic E-state index is 5.92. The molecule has 1 unspecified atom stereocenters. The highest BCUT2D eigenvalue weighted by Gasteiger charge is 2.22. The number of halogens is 1. The third kappa shape index (κ3) is 3.05. The summed E-state index contributed by atoms with van der Waals surface area (Å²) in [5, 5.41) is 0. The van der Waals surface area contributed by atoms with Gasteiger partial charge in [-0.2, -0.15) is 0 Å². The molecule has 2 N–H and O–H groups in total. The number of morpholine rings is 1. The summed E-state index contributed by atoms with van der Waals surface area (Å²) in [6, 6.07) is 6.46. The Morgan fingerprint density at radius 2 is 1.94 bits per heavy atom. The molecule has 1 aliphatic heterocycles. The van der Waals surface area contributed by atoms with Gasteiger partial charge in [0.2, 0.25) is 0 Å². The molecule has 4 heteroatoms. The molecule has 100 valence electrons. The summed E-state index contributed by atoms with van der Waals surface area (Å²) in [6.07, 6.45) is 0.557. The van der Waals surface area contributed by atoms with Gasteiger partial charge in [0.1, 0.15) is 0 Å². The highest BCUT2D eigenvalue weighted by Crippen LogP contribution is 2.29. The number of hydrogen-bond acceptors (Lipinski definition) is 3. The van der Waals surface area contributed by atoms with Crippen molar-refractivity contribution in [2.24, 2.45) is 5.73 Å². The number of rotatable bonds is 2. The van der Waals surface area contributed by atoms with E-state index in [2.05, 4.69) is 52.9 Å². The maximum Gasteiger partial charge on any atom is 0.0726 e. The van der Waals surface area contributed by atoms with E-state index in [-0.39, 0.29) is 18.2 Å². The molecular formula is C14H21BrN2O. The molecule has 0 spiro atoms. The van der Waals surface area contributed by atoms with Gasteiger partial charge in [-0.05, 0) is 38.5 Å². The van der Waals surface area contributed by atoms with E-state index >= 15 is 0 Å². The first-order valence-electron chi connectivity index (χ1n) is 6.43. The SMILES string of the molecule is CC(N)c1ccc(N2C[C@@H](C)O[C@@H](C)C2)cc1Br. The molecule has 0 aromatic heterocycles. The fourth-order valence-corrected chi connectivity index (χ4v) is 3.20. The Hall–Kier alpha value is -0.580. The number of benzene rings is 1. The Balaban J connectivity index is 2.21. The van der Waals surface area contributed by atoms with Crippen LogP contribution in [0.4, 0.5) is 5.69 Å². The Bertz CT molecular complexity index is 412. The largest absolute Gasteiger partial charge is 0.372 e. The fraction of sp³-hybridized carbons (Fsp3) is 0.571. The molecule has 3 atom stereocenters. The predicted molar refractivity (Wildman–Crippen MR) is 79.0 cm³/mol. The van der Waals surface area contributed by atoms with E-state index < -0.39 is 0 Å². The summed E-state index contributed by atoms with van der Waals surface area (Å²) >= 11 is 3.61. The van der Waals surface area contributed by atoms with Gasteiger partial charge in [-0.3, -0.25) is 0 Å². The van der Waals surface area contributed by atoms with Crippen molar-refractivity contribution in [3.05, 3.63) is 28.2 Å². The average Bonchev–Trinajstić information content (AvgIpc) is 2.26. The topological polar surface area (TPSA) is 38.5 Å². The van der Waals surface area contributed by atoms with Gasteiger partial charge in [-0.15, -0.1) is 0 Å². The molecule has 0 aliphatic carbocycles. The van der Waals surface area contributed by atoms with E-state index in [0.29, 0.717) is 0 Å². The van der Waals surface area contributed by atoms with Crippen molar-refractivity contribution in [2.75, 3.05) is 18.0 Å². The van der Waals surface area contributed by atoms with E-state index in [1.54, 1.807) is 0 Å². The normalized spacial score (nSPS) is 26.2. The molecule has 1 aromatic rings. The third-order valence-electron chi connectivity index (χ3n) is 3.26. The number of ether oxygens (including phenoxy) is 1. The van der Waals surface area contributed by atoms with Crippen molar-refractivity contribution in [3.8, 4) is 0 Å². The predicted octanol–water partition coefficient (Wildman–Crippen LogP) is 3.08. The van der Waals surface area contributed by atoms with Crippen molar-refractivity contribution in [3.63, 3.8) is 0 Å². The zero-order valence-electron chi connectivity index (χ0n) is 11.2. The van der Waals surface area contributed by atoms with Gasteiger partial charge in [0.15, 0.2) is 0 Å². The van der Waals surface area contributed by atoms with Crippen LogP contribution < -0.4 is 10.6 Å². The minimum absolute atomic E-state index is 0.0518. The Morgan fingerprint density at radius 3 is 2.44 bits per heavy atom. The van der Waals surface area contributed by atoms with Gasteiger partial charge in [0.05, 0.1) is 12.2 Å². The second-order valence-electron chi connectivity index (χ2n) is 5.16. The summed E-state index contributed by atoms with van der Waals surface area (Å²) in [4.78, 5) is 2.37. The van der Waals surface area contributed by atoms with Crippen LogP contribution in [0.5, 0.6) is 0 Å². The van der Waals surface area contributed by atoms with Crippen molar-refractivity contribution in [1.82, 2.24) is 0 Å². The molecule has 0 bridgehead atoms. The first-order valence-corrected chi connectivity index (χ1v) is 7.22. The molecule has 0 saturated carbocycles. The summed E-state index contributed by atoms with van der Waals surface area (Å²) in [6.45, 7) is 8.11. The summed E-state index contributed by atoms with van der Waals surface area (Å²) in [5.74, 6) is 0. The Morgan fingerprint density at radius 1 is 1.33 bits per heavy atom. The molecule has 2 rings (SSSR count). The number of anilines is 1. The Labute approximate surface area is 117 Å². The van der Waals surface area contributed by atoms with Gasteiger partial charge in [0.25, 0.3) is 0 Å². The van der Waals surface area contributed by atoms with Crippen LogP contribution in [0.15, 0.2) is 22.7 Å². The second kappa shape index (κ2) is 5.59. The first-order chi connectivity index (χ1) is 8.47. The molecule has 0 amide bonds. The third-order valence-corrected chi connectivity index (χ3v) is 3.95. The van der Waals surface area contributed by atoms with Gasteiger partial charge in [-0.25, -0.2) is 0 Å². The number of nitrogens with two attached hydrogens (primary N) is 1. The van der Waals surface area contributed by atoms with Gasteiger partial charge >= 0.3 is 0 Å². The van der Waals surface area contributed by atoms with Gasteiger partial charge < -0.3 is 15.4 Å². The van der Waals surface area contributed by atoms with E-state index in [0.717, 1.165) is 23.1 Å². The molecule has 18 heavy (non-hydrogen) atoms. The lowest BCUT2D eigenvalue weighted by molar-refractivity contribution is -0.00522.